The highest BCUT2D eigenvalue weighted by Gasteiger charge is 2.31. The minimum absolute atomic E-state index is 0.0107. The summed E-state index contributed by atoms with van der Waals surface area (Å²) in [6.45, 7) is 0.109. The van der Waals surface area contributed by atoms with Gasteiger partial charge in [0.25, 0.3) is 0 Å². The van der Waals surface area contributed by atoms with Crippen LogP contribution in [0.25, 0.3) is 11.1 Å². The fourth-order valence-corrected chi connectivity index (χ4v) is 3.08. The number of halogens is 7. The molecule has 0 unspecified atom stereocenters. The number of ether oxygens (including phenoxy) is 3. The smallest absolute Gasteiger partial charge is 0.416 e. The molecule has 3 aromatic rings. The molecule has 31 heavy (non-hydrogen) atoms. The van der Waals surface area contributed by atoms with Gasteiger partial charge in [-0.25, -0.2) is 0 Å². The van der Waals surface area contributed by atoms with Crippen molar-refractivity contribution in [3.8, 4) is 17.6 Å². The molecule has 0 amide bonds. The number of hydrogen-bond donors (Lipinski definition) is 0. The molecule has 12 heteroatoms. The first-order valence-electron chi connectivity index (χ1n) is 8.50. The molecule has 0 aliphatic carbocycles. The number of aromatic nitrogens is 1. The van der Waals surface area contributed by atoms with Crippen molar-refractivity contribution in [3.05, 3.63) is 56.5 Å². The lowest BCUT2D eigenvalue weighted by Gasteiger charge is -2.12. The number of fused-ring (bicyclic) bond motifs is 1. The van der Waals surface area contributed by atoms with Crippen molar-refractivity contribution in [1.29, 1.82) is 0 Å². The number of oxazole rings is 1. The molecule has 5 nitrogen and oxygen atoms in total. The highest BCUT2D eigenvalue weighted by atomic mass is 35.5. The first-order valence-corrected chi connectivity index (χ1v) is 10.0. The van der Waals surface area contributed by atoms with E-state index in [9.17, 15) is 13.2 Å². The molecule has 0 N–H and O–H groups in total. The third kappa shape index (κ3) is 6.49. The third-order valence-electron chi connectivity index (χ3n) is 3.71. The lowest BCUT2D eigenvalue weighted by atomic mass is 10.2. The van der Waals surface area contributed by atoms with Gasteiger partial charge in [-0.1, -0.05) is 46.4 Å². The minimum atomic E-state index is -4.48. The van der Waals surface area contributed by atoms with Gasteiger partial charge in [-0.3, -0.25) is 0 Å². The molecule has 1 aromatic heterocycles. The zero-order chi connectivity index (χ0) is 22.6. The summed E-state index contributed by atoms with van der Waals surface area (Å²) in [6, 6.07) is 5.96. The number of nitrogens with zero attached hydrogens (tertiary/aromatic N) is 1. The van der Waals surface area contributed by atoms with E-state index in [1.54, 1.807) is 0 Å². The van der Waals surface area contributed by atoms with Crippen LogP contribution in [0.3, 0.4) is 0 Å². The average molecular weight is 517 g/mol. The van der Waals surface area contributed by atoms with Crippen molar-refractivity contribution in [2.24, 2.45) is 0 Å². The van der Waals surface area contributed by atoms with Gasteiger partial charge in [0.05, 0.1) is 15.6 Å². The normalized spacial score (nSPS) is 11.5. The van der Waals surface area contributed by atoms with Crippen molar-refractivity contribution < 1.29 is 31.8 Å². The van der Waals surface area contributed by atoms with Gasteiger partial charge in [-0.2, -0.15) is 18.2 Å². The van der Waals surface area contributed by atoms with Crippen LogP contribution >= 0.6 is 46.4 Å². The Kier molecular flexibility index (Phi) is 7.69. The Morgan fingerprint density at radius 1 is 1.00 bits per heavy atom. The number of benzene rings is 2. The molecule has 0 fully saturated rings. The van der Waals surface area contributed by atoms with Crippen molar-refractivity contribution >= 4 is 57.5 Å². The van der Waals surface area contributed by atoms with E-state index in [1.165, 1.54) is 24.3 Å². The first kappa shape index (κ1) is 23.7. The zero-order valence-corrected chi connectivity index (χ0v) is 18.3. The average Bonchev–Trinajstić information content (AvgIpc) is 3.07. The third-order valence-corrected chi connectivity index (χ3v) is 4.58. The molecule has 0 radical (unpaired) electrons. The van der Waals surface area contributed by atoms with Gasteiger partial charge in [-0.15, -0.1) is 0 Å². The van der Waals surface area contributed by atoms with Crippen molar-refractivity contribution in [1.82, 2.24) is 4.98 Å². The summed E-state index contributed by atoms with van der Waals surface area (Å²) in [5, 5.41) is 0.398. The predicted molar refractivity (Wildman–Crippen MR) is 112 cm³/mol. The Bertz CT molecular complexity index is 1070. The molecule has 0 aliphatic rings. The van der Waals surface area contributed by atoms with Gasteiger partial charge in [0, 0.05) is 12.1 Å². The Morgan fingerprint density at radius 3 is 2.32 bits per heavy atom. The largest absolute Gasteiger partial charge is 0.489 e. The Hall–Kier alpha value is -2.00. The van der Waals surface area contributed by atoms with Crippen LogP contribution in [0, 0.1) is 0 Å². The molecule has 3 rings (SSSR count). The molecule has 166 valence electrons. The Labute approximate surface area is 194 Å². The maximum Gasteiger partial charge on any atom is 0.416 e. The van der Waals surface area contributed by atoms with Crippen LogP contribution < -0.4 is 14.2 Å². The van der Waals surface area contributed by atoms with Gasteiger partial charge >= 0.3 is 12.3 Å². The molecule has 0 spiro atoms. The Morgan fingerprint density at radius 2 is 1.68 bits per heavy atom. The van der Waals surface area contributed by atoms with E-state index < -0.39 is 11.7 Å². The van der Waals surface area contributed by atoms with Crippen molar-refractivity contribution in [3.63, 3.8) is 0 Å². The second kappa shape index (κ2) is 10.1. The molecular weight excluding hydrogens is 505 g/mol. The van der Waals surface area contributed by atoms with Crippen LogP contribution in [0.2, 0.25) is 10.0 Å². The quantitative estimate of drug-likeness (QED) is 0.294. The van der Waals surface area contributed by atoms with E-state index in [0.717, 1.165) is 12.1 Å². The van der Waals surface area contributed by atoms with Gasteiger partial charge in [-0.05, 0) is 24.3 Å². The van der Waals surface area contributed by atoms with Gasteiger partial charge in [0.2, 0.25) is 0 Å². The number of hydrogen-bond acceptors (Lipinski definition) is 5. The van der Waals surface area contributed by atoms with Gasteiger partial charge < -0.3 is 18.6 Å². The van der Waals surface area contributed by atoms with Crippen LogP contribution in [0.15, 0.2) is 45.3 Å². The molecule has 0 saturated heterocycles. The highest BCUT2D eigenvalue weighted by molar-refractivity contribution is 6.55. The van der Waals surface area contributed by atoms with Gasteiger partial charge in [0.1, 0.15) is 35.6 Å². The molecule has 0 atom stereocenters. The maximum atomic E-state index is 12.8. The SMILES string of the molecule is FC(F)(F)c1ccc2nc(OCCOc3c(Cl)cc(OCC=C(Cl)Cl)cc3Cl)oc2c1. The first-order chi connectivity index (χ1) is 14.6. The molecule has 2 aromatic carbocycles. The van der Waals surface area contributed by atoms with Crippen LogP contribution in [0.5, 0.6) is 17.6 Å². The molecule has 1 heterocycles. The summed E-state index contributed by atoms with van der Waals surface area (Å²) in [5.41, 5.74) is -0.655. The fraction of sp³-hybridized carbons (Fsp3) is 0.211. The summed E-state index contributed by atoms with van der Waals surface area (Å²) >= 11 is 23.3. The van der Waals surface area contributed by atoms with E-state index in [0.29, 0.717) is 5.75 Å². The molecule has 0 bridgehead atoms. The summed E-state index contributed by atoms with van der Waals surface area (Å²) < 4.78 is 59.7. The number of alkyl halides is 3. The van der Waals surface area contributed by atoms with E-state index >= 15 is 0 Å². The van der Waals surface area contributed by atoms with E-state index in [4.69, 9.17) is 65.0 Å². The molecule has 0 saturated carbocycles. The van der Waals surface area contributed by atoms with Crippen molar-refractivity contribution in [2.45, 2.75) is 6.18 Å². The van der Waals surface area contributed by atoms with Crippen LogP contribution in [0.1, 0.15) is 5.56 Å². The van der Waals surface area contributed by atoms with Crippen LogP contribution in [0.4, 0.5) is 13.2 Å². The van der Waals surface area contributed by atoms with E-state index in [-0.39, 0.29) is 57.3 Å². The number of rotatable bonds is 8. The zero-order valence-electron chi connectivity index (χ0n) is 15.3. The maximum absolute atomic E-state index is 12.8. The lowest BCUT2D eigenvalue weighted by Crippen LogP contribution is -2.09. The summed E-state index contributed by atoms with van der Waals surface area (Å²) in [7, 11) is 0. The topological polar surface area (TPSA) is 53.7 Å². The van der Waals surface area contributed by atoms with Gasteiger partial charge in [0.15, 0.2) is 11.3 Å². The second-order valence-electron chi connectivity index (χ2n) is 5.88. The molecular formula is C19H12Cl4F3NO4. The summed E-state index contributed by atoms with van der Waals surface area (Å²) in [5.74, 6) is 0.590. The summed E-state index contributed by atoms with van der Waals surface area (Å²) in [6.07, 6.45) is -3.23. The van der Waals surface area contributed by atoms with E-state index in [2.05, 4.69) is 4.98 Å². The predicted octanol–water partition coefficient (Wildman–Crippen LogP) is 7.31. The van der Waals surface area contributed by atoms with Crippen molar-refractivity contribution in [2.75, 3.05) is 19.8 Å². The highest BCUT2D eigenvalue weighted by Crippen LogP contribution is 2.37. The lowest BCUT2D eigenvalue weighted by molar-refractivity contribution is -0.137. The standard InChI is InChI=1S/C19H12Cl4F3NO4/c20-12-8-11(28-4-3-16(22)23)9-13(21)17(12)29-5-6-30-18-27-14-2-1-10(19(24,25)26)7-15(14)31-18/h1-3,7-9H,4-6H2. The van der Waals surface area contributed by atoms with Crippen LogP contribution in [-0.2, 0) is 6.18 Å². The monoisotopic (exact) mass is 515 g/mol. The van der Waals surface area contributed by atoms with E-state index in [1.807, 2.05) is 0 Å². The minimum Gasteiger partial charge on any atom is -0.489 e. The summed E-state index contributed by atoms with van der Waals surface area (Å²) in [4.78, 5) is 3.96. The fourth-order valence-electron chi connectivity index (χ4n) is 2.37. The Balaban J connectivity index is 1.56. The molecule has 0 aliphatic heterocycles. The van der Waals surface area contributed by atoms with Crippen LogP contribution in [-0.4, -0.2) is 24.8 Å². The second-order valence-corrected chi connectivity index (χ2v) is 7.70.